The Balaban J connectivity index is 2.55. The molecule has 27 heavy (non-hydrogen) atoms. The second-order valence-corrected chi connectivity index (χ2v) is 9.14. The van der Waals surface area contributed by atoms with Gasteiger partial charge >= 0.3 is 6.18 Å². The monoisotopic (exact) mass is 415 g/mol. The molecule has 0 aliphatic heterocycles. The Bertz CT molecular complexity index is 887. The van der Waals surface area contributed by atoms with Crippen LogP contribution in [0.15, 0.2) is 36.4 Å². The number of aromatic nitrogens is 1. The summed E-state index contributed by atoms with van der Waals surface area (Å²) in [5.74, 6) is 0. The highest BCUT2D eigenvalue weighted by Crippen LogP contribution is 2.35. The number of rotatable bonds is 4. The van der Waals surface area contributed by atoms with Gasteiger partial charge in [-0.3, -0.25) is 0 Å². The average Bonchev–Trinajstić information content (AvgIpc) is 2.58. The molecule has 1 heterocycles. The largest absolute Gasteiger partial charge is 0.434 e. The molecular weight excluding hydrogens is 399 g/mol. The zero-order valence-electron chi connectivity index (χ0n) is 14.8. The molecule has 0 bridgehead atoms. The van der Waals surface area contributed by atoms with Gasteiger partial charge in [0.15, 0.2) is 5.69 Å². The highest BCUT2D eigenvalue weighted by atomic mass is 35.5. The quantitative estimate of drug-likeness (QED) is 0.782. The smallest absolute Gasteiger partial charge is 0.245 e. The second-order valence-electron chi connectivity index (χ2n) is 6.73. The van der Waals surface area contributed by atoms with Crippen molar-refractivity contribution in [1.82, 2.24) is 9.71 Å². The molecule has 1 N–H and O–H groups in total. The SMILES string of the molecule is CC(C)(C)S(=O)NC(c1ccc(C#N)cc1)c1ccc(Cl)c(C(F)(F)F)n1. The summed E-state index contributed by atoms with van der Waals surface area (Å²) in [5.41, 5.74) is -0.262. The first-order chi connectivity index (χ1) is 12.4. The number of nitrogens with one attached hydrogen (secondary N) is 1. The third-order valence-corrected chi connectivity index (χ3v) is 5.45. The van der Waals surface area contributed by atoms with Crippen LogP contribution in [0.5, 0.6) is 0 Å². The Kier molecular flexibility index (Phi) is 6.30. The molecule has 0 saturated heterocycles. The summed E-state index contributed by atoms with van der Waals surface area (Å²) in [5, 5.41) is 8.41. The number of nitrogens with zero attached hydrogens (tertiary/aromatic N) is 2. The summed E-state index contributed by atoms with van der Waals surface area (Å²) in [6, 6.07) is 9.79. The minimum atomic E-state index is -4.72. The number of hydrogen-bond acceptors (Lipinski definition) is 3. The van der Waals surface area contributed by atoms with E-state index < -0.39 is 38.7 Å². The summed E-state index contributed by atoms with van der Waals surface area (Å²) in [6.45, 7) is 5.22. The Labute approximate surface area is 163 Å². The average molecular weight is 416 g/mol. The predicted octanol–water partition coefficient (Wildman–Crippen LogP) is 4.77. The Morgan fingerprint density at radius 1 is 1.15 bits per heavy atom. The molecule has 2 aromatic rings. The van der Waals surface area contributed by atoms with Crippen molar-refractivity contribution in [3.05, 3.63) is 63.9 Å². The number of halogens is 4. The fourth-order valence-electron chi connectivity index (χ4n) is 2.15. The van der Waals surface area contributed by atoms with Crippen molar-refractivity contribution in [2.75, 3.05) is 0 Å². The van der Waals surface area contributed by atoms with Crippen molar-refractivity contribution in [3.63, 3.8) is 0 Å². The molecule has 0 spiro atoms. The zero-order valence-corrected chi connectivity index (χ0v) is 16.3. The van der Waals surface area contributed by atoms with E-state index in [1.54, 1.807) is 32.9 Å². The van der Waals surface area contributed by atoms with Crippen LogP contribution in [0, 0.1) is 11.3 Å². The Morgan fingerprint density at radius 2 is 1.74 bits per heavy atom. The van der Waals surface area contributed by atoms with E-state index in [1.807, 2.05) is 6.07 Å². The molecule has 0 radical (unpaired) electrons. The van der Waals surface area contributed by atoms with Crippen LogP contribution in [-0.4, -0.2) is 13.9 Å². The standard InChI is InChI=1S/C18H17ClF3N3OS/c1-17(2,3)27(26)25-15(12-6-4-11(10-23)5-7-12)14-9-8-13(19)16(24-14)18(20,21)22/h4-9,15,25H,1-3H3. The molecule has 9 heteroatoms. The molecule has 0 aliphatic rings. The Hall–Kier alpha value is -1.95. The van der Waals surface area contributed by atoms with Crippen LogP contribution in [0.2, 0.25) is 5.02 Å². The first kappa shape index (κ1) is 21.4. The van der Waals surface area contributed by atoms with Crippen LogP contribution in [0.25, 0.3) is 0 Å². The fourth-order valence-corrected chi connectivity index (χ4v) is 3.19. The molecule has 1 aromatic carbocycles. The Morgan fingerprint density at radius 3 is 2.22 bits per heavy atom. The minimum Gasteiger partial charge on any atom is -0.245 e. The summed E-state index contributed by atoms with van der Waals surface area (Å²) >= 11 is 5.65. The molecule has 2 rings (SSSR count). The normalized spacial score (nSPS) is 14.4. The number of hydrogen-bond donors (Lipinski definition) is 1. The molecule has 0 saturated carbocycles. The lowest BCUT2D eigenvalue weighted by atomic mass is 10.0. The van der Waals surface area contributed by atoms with Crippen molar-refractivity contribution in [2.24, 2.45) is 0 Å². The van der Waals surface area contributed by atoms with E-state index in [2.05, 4.69) is 9.71 Å². The van der Waals surface area contributed by atoms with Gasteiger partial charge in [-0.2, -0.15) is 18.4 Å². The van der Waals surface area contributed by atoms with Gasteiger partial charge in [0.2, 0.25) is 0 Å². The minimum absolute atomic E-state index is 0.0223. The summed E-state index contributed by atoms with van der Waals surface area (Å²) < 4.78 is 54.3. The van der Waals surface area contributed by atoms with Crippen molar-refractivity contribution in [3.8, 4) is 6.07 Å². The molecule has 144 valence electrons. The molecule has 0 aliphatic carbocycles. The third-order valence-electron chi connectivity index (χ3n) is 3.59. The molecule has 4 nitrogen and oxygen atoms in total. The van der Waals surface area contributed by atoms with Crippen LogP contribution in [0.4, 0.5) is 13.2 Å². The summed E-state index contributed by atoms with van der Waals surface area (Å²) in [6.07, 6.45) is -4.72. The first-order valence-corrected chi connectivity index (χ1v) is 9.38. The highest BCUT2D eigenvalue weighted by Gasteiger charge is 2.36. The van der Waals surface area contributed by atoms with E-state index in [-0.39, 0.29) is 5.69 Å². The maximum atomic E-state index is 13.2. The van der Waals surface area contributed by atoms with Gasteiger partial charge in [-0.15, -0.1) is 0 Å². The first-order valence-electron chi connectivity index (χ1n) is 7.85. The number of pyridine rings is 1. The predicted molar refractivity (Wildman–Crippen MR) is 98.3 cm³/mol. The highest BCUT2D eigenvalue weighted by molar-refractivity contribution is 7.84. The zero-order chi connectivity index (χ0) is 20.4. The van der Waals surface area contributed by atoms with Gasteiger partial charge in [-0.1, -0.05) is 23.7 Å². The molecule has 0 fully saturated rings. The molecular formula is C18H17ClF3N3OS. The maximum absolute atomic E-state index is 13.2. The van der Waals surface area contributed by atoms with Crippen LogP contribution >= 0.6 is 11.6 Å². The second kappa shape index (κ2) is 7.97. The van der Waals surface area contributed by atoms with Crippen molar-refractivity contribution in [2.45, 2.75) is 37.7 Å². The van der Waals surface area contributed by atoms with Gasteiger partial charge in [-0.05, 0) is 50.6 Å². The molecule has 0 amide bonds. The number of benzene rings is 1. The summed E-state index contributed by atoms with van der Waals surface area (Å²) in [4.78, 5) is 3.68. The maximum Gasteiger partial charge on any atom is 0.434 e. The van der Waals surface area contributed by atoms with Gasteiger partial charge in [-0.25, -0.2) is 13.9 Å². The van der Waals surface area contributed by atoms with Gasteiger partial charge in [0, 0.05) is 0 Å². The number of nitriles is 1. The summed E-state index contributed by atoms with van der Waals surface area (Å²) in [7, 11) is -1.58. The van der Waals surface area contributed by atoms with E-state index in [1.165, 1.54) is 18.2 Å². The van der Waals surface area contributed by atoms with Crippen molar-refractivity contribution in [1.29, 1.82) is 5.26 Å². The van der Waals surface area contributed by atoms with Crippen LogP contribution < -0.4 is 4.72 Å². The van der Waals surface area contributed by atoms with E-state index in [4.69, 9.17) is 16.9 Å². The lowest BCUT2D eigenvalue weighted by Gasteiger charge is -2.25. The lowest BCUT2D eigenvalue weighted by Crippen LogP contribution is -2.36. The topological polar surface area (TPSA) is 65.8 Å². The molecule has 2 atom stereocenters. The van der Waals surface area contributed by atoms with E-state index in [9.17, 15) is 17.4 Å². The van der Waals surface area contributed by atoms with Crippen LogP contribution in [0.3, 0.4) is 0 Å². The van der Waals surface area contributed by atoms with Crippen molar-refractivity contribution >= 4 is 22.6 Å². The third kappa shape index (κ3) is 5.28. The van der Waals surface area contributed by atoms with E-state index in [0.717, 1.165) is 6.07 Å². The molecule has 2 unspecified atom stereocenters. The van der Waals surface area contributed by atoms with E-state index in [0.29, 0.717) is 11.1 Å². The van der Waals surface area contributed by atoms with E-state index >= 15 is 0 Å². The lowest BCUT2D eigenvalue weighted by molar-refractivity contribution is -0.141. The van der Waals surface area contributed by atoms with Gasteiger partial charge < -0.3 is 0 Å². The fraction of sp³-hybridized carbons (Fsp3) is 0.333. The van der Waals surface area contributed by atoms with Gasteiger partial charge in [0.05, 0.1) is 44.1 Å². The van der Waals surface area contributed by atoms with Crippen LogP contribution in [-0.2, 0) is 17.2 Å². The van der Waals surface area contributed by atoms with Gasteiger partial charge in [0.1, 0.15) is 0 Å². The van der Waals surface area contributed by atoms with Gasteiger partial charge in [0.25, 0.3) is 0 Å². The van der Waals surface area contributed by atoms with Crippen molar-refractivity contribution < 1.29 is 17.4 Å². The molecule has 1 aromatic heterocycles. The number of alkyl halides is 3. The van der Waals surface area contributed by atoms with Crippen LogP contribution in [0.1, 0.15) is 49.3 Å².